The van der Waals surface area contributed by atoms with Crippen LogP contribution in [0.15, 0.2) is 102 Å². The van der Waals surface area contributed by atoms with E-state index in [0.29, 0.717) is 4.90 Å². The van der Waals surface area contributed by atoms with Crippen LogP contribution in [0.3, 0.4) is 0 Å². The van der Waals surface area contributed by atoms with E-state index in [2.05, 4.69) is 24.7 Å². The van der Waals surface area contributed by atoms with Crippen LogP contribution in [-0.4, -0.2) is 30.5 Å². The average Bonchev–Trinajstić information content (AvgIpc) is 2.74. The lowest BCUT2D eigenvalue weighted by atomic mass is 10.1. The summed E-state index contributed by atoms with van der Waals surface area (Å²) in [6, 6.07) is 20.7. The van der Waals surface area contributed by atoms with Crippen LogP contribution in [0.1, 0.15) is 15.9 Å². The molecule has 3 rings (SSSR count). The highest BCUT2D eigenvalue weighted by atomic mass is 79.9. The predicted molar refractivity (Wildman–Crippen MR) is 125 cm³/mol. The Hall–Kier alpha value is -2.62. The van der Waals surface area contributed by atoms with Crippen LogP contribution in [0.4, 0.5) is 0 Å². The van der Waals surface area contributed by atoms with Crippen LogP contribution in [0.25, 0.3) is 0 Å². The summed E-state index contributed by atoms with van der Waals surface area (Å²) in [5.74, 6) is -1.38. The molecule has 9 heteroatoms. The molecule has 1 atom stereocenters. The molecular weight excluding hydrogens is 500 g/mol. The number of hydrogen-bond acceptors (Lipinski definition) is 4. The molecule has 0 aliphatic rings. The van der Waals surface area contributed by atoms with Gasteiger partial charge in [-0.15, -0.1) is 4.40 Å². The van der Waals surface area contributed by atoms with E-state index in [0.717, 1.165) is 10.0 Å². The quantitative estimate of drug-likeness (QED) is 0.273. The van der Waals surface area contributed by atoms with Gasteiger partial charge in [-0.05, 0) is 55.5 Å². The van der Waals surface area contributed by atoms with Gasteiger partial charge in [-0.1, -0.05) is 51.8 Å². The molecule has 6 nitrogen and oxygen atoms in total. The summed E-state index contributed by atoms with van der Waals surface area (Å²) in [5.41, 5.74) is 1.05. The highest BCUT2D eigenvalue weighted by Crippen LogP contribution is 2.18. The Labute approximate surface area is 190 Å². The number of ketones is 1. The molecule has 0 bridgehead atoms. The molecule has 3 aromatic carbocycles. The van der Waals surface area contributed by atoms with Crippen LogP contribution < -0.4 is 0 Å². The van der Waals surface area contributed by atoms with Crippen molar-refractivity contribution in [2.45, 2.75) is 16.7 Å². The third-order valence-corrected chi connectivity index (χ3v) is 7.75. The molecule has 0 saturated carbocycles. The zero-order valence-electron chi connectivity index (χ0n) is 16.7. The van der Waals surface area contributed by atoms with E-state index in [1.807, 2.05) is 6.92 Å². The number of rotatable bonds is 5. The predicted octanol–water partition coefficient (Wildman–Crippen LogP) is 4.88. The van der Waals surface area contributed by atoms with Crippen molar-refractivity contribution in [3.63, 3.8) is 0 Å². The van der Waals surface area contributed by atoms with Gasteiger partial charge in [0.25, 0.3) is 10.0 Å². The summed E-state index contributed by atoms with van der Waals surface area (Å²) in [6.07, 6.45) is 1.34. The Morgan fingerprint density at radius 3 is 1.97 bits per heavy atom. The number of nitrogens with zero attached hydrogens (tertiary/aromatic N) is 2. The van der Waals surface area contributed by atoms with Crippen molar-refractivity contribution in [1.82, 2.24) is 0 Å². The molecule has 1 unspecified atom stereocenters. The number of carbonyl (C=O) groups excluding carboxylic acids is 1. The Morgan fingerprint density at radius 1 is 0.806 bits per heavy atom. The van der Waals surface area contributed by atoms with Gasteiger partial charge >= 0.3 is 0 Å². The minimum absolute atomic E-state index is 0.0864. The minimum Gasteiger partial charge on any atom is -0.285 e. The lowest BCUT2D eigenvalue weighted by Gasteiger charge is -2.07. The number of benzene rings is 3. The smallest absolute Gasteiger partial charge is 0.284 e. The van der Waals surface area contributed by atoms with Crippen molar-refractivity contribution < 1.29 is 17.4 Å². The third-order valence-electron chi connectivity index (χ3n) is 4.28. The summed E-state index contributed by atoms with van der Waals surface area (Å²) >= 11 is 3.29. The fourth-order valence-corrected chi connectivity index (χ4v) is 5.07. The monoisotopic (exact) mass is 518 g/mol. The molecule has 0 saturated heterocycles. The molecule has 3 aromatic rings. The number of halogens is 1. The lowest BCUT2D eigenvalue weighted by molar-refractivity contribution is 0.106. The molecule has 160 valence electrons. The molecule has 0 fully saturated rings. The Bertz CT molecular complexity index is 1360. The fourth-order valence-electron chi connectivity index (χ4n) is 2.60. The highest BCUT2D eigenvalue weighted by Gasteiger charge is 2.22. The molecule has 0 N–H and O–H groups in total. The fraction of sp³-hybridized carbons (Fsp3) is 0.0909. The molecule has 0 spiro atoms. The van der Waals surface area contributed by atoms with Gasteiger partial charge in [-0.3, -0.25) is 4.79 Å². The van der Waals surface area contributed by atoms with Gasteiger partial charge in [0.05, 0.1) is 14.6 Å². The second-order valence-corrected chi connectivity index (χ2v) is 11.5. The molecule has 0 aromatic heterocycles. The number of aryl methyl sites for hydroxylation is 1. The van der Waals surface area contributed by atoms with Crippen molar-refractivity contribution in [2.75, 3.05) is 6.26 Å². The first-order valence-corrected chi connectivity index (χ1v) is 13.2. The first-order valence-electron chi connectivity index (χ1n) is 9.08. The van der Waals surface area contributed by atoms with Crippen LogP contribution in [0, 0.1) is 6.92 Å². The van der Waals surface area contributed by atoms with Crippen molar-refractivity contribution in [3.05, 3.63) is 94.5 Å². The van der Waals surface area contributed by atoms with Crippen molar-refractivity contribution in [3.8, 4) is 0 Å². The van der Waals surface area contributed by atoms with Gasteiger partial charge in [0.2, 0.25) is 11.6 Å². The van der Waals surface area contributed by atoms with Gasteiger partial charge in [-0.2, -0.15) is 12.8 Å². The van der Waals surface area contributed by atoms with Crippen LogP contribution in [0.5, 0.6) is 0 Å². The minimum atomic E-state index is -4.25. The van der Waals surface area contributed by atoms with Gasteiger partial charge in [0, 0.05) is 21.2 Å². The molecule has 0 amide bonds. The standard InChI is InChI=1S/C22H19BrN2O4S2/c1-16-8-14-20(15-9-16)31(28,29)25-22(21(26)17-10-12-18(23)13-11-17)24-30(2,27)19-6-4-3-5-7-19/h3-15H,1-2H3/b25-22-. The molecule has 0 aliphatic carbocycles. The second-order valence-electron chi connectivity index (χ2n) is 6.75. The largest absolute Gasteiger partial charge is 0.285 e. The number of carbonyl (C=O) groups is 1. The van der Waals surface area contributed by atoms with E-state index in [1.165, 1.54) is 30.5 Å². The van der Waals surface area contributed by atoms with E-state index in [1.54, 1.807) is 54.6 Å². The number of sulfonamides is 1. The highest BCUT2D eigenvalue weighted by molar-refractivity contribution is 9.10. The second kappa shape index (κ2) is 9.25. The number of hydrogen-bond donors (Lipinski definition) is 0. The SMILES string of the molecule is Cc1ccc(S(=O)(=O)/N=C(\N=S(C)(=O)c2ccccc2)C(=O)c2ccc(Br)cc2)cc1. The normalized spacial score (nSPS) is 14.0. The maximum absolute atomic E-state index is 13.3. The van der Waals surface area contributed by atoms with Crippen molar-refractivity contribution in [2.24, 2.45) is 8.76 Å². The molecule has 0 radical (unpaired) electrons. The topological polar surface area (TPSA) is 93.0 Å². The summed E-state index contributed by atoms with van der Waals surface area (Å²) in [7, 11) is -7.39. The summed E-state index contributed by atoms with van der Waals surface area (Å²) < 4.78 is 47.5. The molecule has 0 heterocycles. The zero-order chi connectivity index (χ0) is 22.6. The average molecular weight is 519 g/mol. The summed E-state index contributed by atoms with van der Waals surface area (Å²) in [4.78, 5) is 13.4. The number of amidine groups is 1. The van der Waals surface area contributed by atoms with Crippen LogP contribution in [-0.2, 0) is 19.8 Å². The lowest BCUT2D eigenvalue weighted by Crippen LogP contribution is -2.17. The molecular formula is C22H19BrN2O4S2. The molecule has 31 heavy (non-hydrogen) atoms. The van der Waals surface area contributed by atoms with Crippen LogP contribution in [0.2, 0.25) is 0 Å². The first-order chi connectivity index (χ1) is 14.6. The van der Waals surface area contributed by atoms with Gasteiger partial charge in [0.15, 0.2) is 0 Å². The van der Waals surface area contributed by atoms with E-state index >= 15 is 0 Å². The van der Waals surface area contributed by atoms with E-state index in [4.69, 9.17) is 0 Å². The Morgan fingerprint density at radius 2 is 1.39 bits per heavy atom. The summed E-state index contributed by atoms with van der Waals surface area (Å²) in [6.45, 7) is 1.82. The zero-order valence-corrected chi connectivity index (χ0v) is 19.9. The number of Topliss-reactive ketones (excluding diaryl/α,β-unsaturated/α-hetero) is 1. The van der Waals surface area contributed by atoms with E-state index in [-0.39, 0.29) is 10.5 Å². The van der Waals surface area contributed by atoms with Crippen molar-refractivity contribution in [1.29, 1.82) is 0 Å². The Balaban J connectivity index is 2.19. The van der Waals surface area contributed by atoms with Crippen LogP contribution >= 0.6 is 15.9 Å². The van der Waals surface area contributed by atoms with E-state index in [9.17, 15) is 17.4 Å². The van der Waals surface area contributed by atoms with Gasteiger partial charge in [0.1, 0.15) is 0 Å². The van der Waals surface area contributed by atoms with Gasteiger partial charge in [-0.25, -0.2) is 4.21 Å². The van der Waals surface area contributed by atoms with Crippen molar-refractivity contribution >= 4 is 47.3 Å². The Kier molecular flexibility index (Phi) is 6.88. The third kappa shape index (κ3) is 5.75. The summed E-state index contributed by atoms with van der Waals surface area (Å²) in [5, 5.41) is 0. The molecule has 0 aliphatic heterocycles. The first kappa shape index (κ1) is 23.1. The van der Waals surface area contributed by atoms with E-state index < -0.39 is 31.4 Å². The van der Waals surface area contributed by atoms with Gasteiger partial charge < -0.3 is 0 Å². The maximum atomic E-state index is 13.3. The maximum Gasteiger partial charge on any atom is 0.284 e.